The van der Waals surface area contributed by atoms with E-state index in [1.165, 1.54) is 13.1 Å². The van der Waals surface area contributed by atoms with Crippen LogP contribution in [0.4, 0.5) is 0 Å². The van der Waals surface area contributed by atoms with Gasteiger partial charge in [-0.25, -0.2) is 5.43 Å². The summed E-state index contributed by atoms with van der Waals surface area (Å²) in [5.41, 5.74) is 4.14. The first-order chi connectivity index (χ1) is 13.5. The highest BCUT2D eigenvalue weighted by Crippen LogP contribution is 2.36. The number of nitrogens with one attached hydrogen (secondary N) is 1. The van der Waals surface area contributed by atoms with Gasteiger partial charge < -0.3 is 14.2 Å². The molecular formula is C21H25ClN2O4. The molecule has 0 atom stereocenters. The van der Waals surface area contributed by atoms with E-state index in [-0.39, 0.29) is 5.91 Å². The van der Waals surface area contributed by atoms with Crippen LogP contribution in [0.5, 0.6) is 17.2 Å². The van der Waals surface area contributed by atoms with Crippen LogP contribution in [0, 0.1) is 6.92 Å². The molecule has 2 rings (SSSR count). The van der Waals surface area contributed by atoms with Gasteiger partial charge >= 0.3 is 0 Å². The first kappa shape index (κ1) is 21.6. The molecule has 6 nitrogen and oxygen atoms in total. The number of hydrogen-bond donors (Lipinski definition) is 1. The molecule has 0 bridgehead atoms. The smallest absolute Gasteiger partial charge is 0.236 e. The van der Waals surface area contributed by atoms with Crippen LogP contribution in [0.15, 0.2) is 41.5 Å². The third-order valence-corrected chi connectivity index (χ3v) is 3.93. The zero-order chi connectivity index (χ0) is 20.4. The Hall–Kier alpha value is -2.73. The summed E-state index contributed by atoms with van der Waals surface area (Å²) >= 11 is 6.36. The predicted molar refractivity (Wildman–Crippen MR) is 111 cm³/mol. The van der Waals surface area contributed by atoms with E-state index in [2.05, 4.69) is 10.5 Å². The van der Waals surface area contributed by atoms with Gasteiger partial charge in [0.1, 0.15) is 5.75 Å². The Morgan fingerprint density at radius 1 is 1.14 bits per heavy atom. The van der Waals surface area contributed by atoms with Crippen LogP contribution in [0.1, 0.15) is 31.4 Å². The minimum Gasteiger partial charge on any atom is -0.493 e. The number of para-hydroxylation sites is 1. The maximum Gasteiger partial charge on any atom is 0.236 e. The van der Waals surface area contributed by atoms with E-state index in [0.29, 0.717) is 48.3 Å². The lowest BCUT2D eigenvalue weighted by Gasteiger charge is -2.15. The van der Waals surface area contributed by atoms with Gasteiger partial charge in [0, 0.05) is 13.3 Å². The number of aryl methyl sites for hydroxylation is 1. The average Bonchev–Trinajstić information content (AvgIpc) is 2.64. The largest absolute Gasteiger partial charge is 0.493 e. The summed E-state index contributed by atoms with van der Waals surface area (Å²) < 4.78 is 17.2. The van der Waals surface area contributed by atoms with Crippen molar-refractivity contribution < 1.29 is 19.0 Å². The van der Waals surface area contributed by atoms with Crippen LogP contribution in [0.3, 0.4) is 0 Å². The molecule has 2 aromatic carbocycles. The summed E-state index contributed by atoms with van der Waals surface area (Å²) in [7, 11) is 0. The molecule has 0 unspecified atom stereocenters. The molecule has 0 fully saturated rings. The number of hydrogen-bond acceptors (Lipinski definition) is 5. The fraction of sp³-hybridized carbons (Fsp3) is 0.333. The van der Waals surface area contributed by atoms with Crippen molar-refractivity contribution >= 4 is 23.7 Å². The standard InChI is InChI=1S/C21H25ClN2O4/c1-4-26-20-13-17(14-23-24-16(3)25)12-18(22)21(20)28-11-7-10-27-19-9-6-5-8-15(19)2/h5-6,8-9,12-14H,4,7,10-11H2,1-3H3,(H,24,25)/b23-14+. The second-order valence-corrected chi connectivity index (χ2v) is 6.41. The Morgan fingerprint density at radius 3 is 2.61 bits per heavy atom. The SMILES string of the molecule is CCOc1cc(/C=N/NC(C)=O)cc(Cl)c1OCCCOc1ccccc1C. The minimum atomic E-state index is -0.250. The Balaban J connectivity index is 1.95. The molecule has 0 spiro atoms. The summed E-state index contributed by atoms with van der Waals surface area (Å²) in [5, 5.41) is 4.25. The minimum absolute atomic E-state index is 0.250. The normalized spacial score (nSPS) is 10.7. The van der Waals surface area contributed by atoms with Crippen molar-refractivity contribution in [3.05, 3.63) is 52.5 Å². The Bertz CT molecular complexity index is 824. The highest BCUT2D eigenvalue weighted by atomic mass is 35.5. The first-order valence-electron chi connectivity index (χ1n) is 9.08. The Morgan fingerprint density at radius 2 is 1.89 bits per heavy atom. The van der Waals surface area contributed by atoms with Gasteiger partial charge in [-0.1, -0.05) is 29.8 Å². The van der Waals surface area contributed by atoms with Crippen molar-refractivity contribution in [1.29, 1.82) is 0 Å². The maximum atomic E-state index is 10.9. The molecule has 0 aliphatic carbocycles. The van der Waals surface area contributed by atoms with Crippen molar-refractivity contribution in [1.82, 2.24) is 5.43 Å². The molecule has 2 aromatic rings. The molecular weight excluding hydrogens is 380 g/mol. The van der Waals surface area contributed by atoms with Gasteiger partial charge in [0.2, 0.25) is 5.91 Å². The van der Waals surface area contributed by atoms with Crippen LogP contribution >= 0.6 is 11.6 Å². The third kappa shape index (κ3) is 6.78. The predicted octanol–water partition coefficient (Wildman–Crippen LogP) is 4.37. The van der Waals surface area contributed by atoms with Gasteiger partial charge in [0.05, 0.1) is 31.1 Å². The van der Waals surface area contributed by atoms with E-state index in [9.17, 15) is 4.79 Å². The Kier molecular flexibility index (Phi) is 8.62. The molecule has 0 radical (unpaired) electrons. The topological polar surface area (TPSA) is 69.2 Å². The van der Waals surface area contributed by atoms with Crippen molar-refractivity contribution in [3.8, 4) is 17.2 Å². The van der Waals surface area contributed by atoms with Gasteiger partial charge in [-0.2, -0.15) is 5.10 Å². The number of ether oxygens (including phenoxy) is 3. The van der Waals surface area contributed by atoms with Gasteiger partial charge in [-0.3, -0.25) is 4.79 Å². The van der Waals surface area contributed by atoms with Crippen molar-refractivity contribution in [2.75, 3.05) is 19.8 Å². The lowest BCUT2D eigenvalue weighted by Crippen LogP contribution is -2.12. The number of amides is 1. The van der Waals surface area contributed by atoms with E-state index in [1.807, 2.05) is 38.1 Å². The summed E-state index contributed by atoms with van der Waals surface area (Å²) in [5.74, 6) is 1.63. The molecule has 1 N–H and O–H groups in total. The van der Waals surface area contributed by atoms with Crippen LogP contribution in [-0.4, -0.2) is 31.9 Å². The second-order valence-electron chi connectivity index (χ2n) is 6.01. The molecule has 0 heterocycles. The highest BCUT2D eigenvalue weighted by molar-refractivity contribution is 6.32. The van der Waals surface area contributed by atoms with E-state index < -0.39 is 0 Å². The van der Waals surface area contributed by atoms with E-state index >= 15 is 0 Å². The maximum absolute atomic E-state index is 10.9. The first-order valence-corrected chi connectivity index (χ1v) is 9.46. The summed E-state index contributed by atoms with van der Waals surface area (Å²) in [4.78, 5) is 10.9. The zero-order valence-electron chi connectivity index (χ0n) is 16.3. The number of rotatable bonds is 10. The fourth-order valence-corrected chi connectivity index (χ4v) is 2.67. The molecule has 150 valence electrons. The van der Waals surface area contributed by atoms with Gasteiger partial charge in [-0.15, -0.1) is 0 Å². The van der Waals surface area contributed by atoms with Gasteiger partial charge in [0.15, 0.2) is 11.5 Å². The summed E-state index contributed by atoms with van der Waals surface area (Å²) in [6.07, 6.45) is 2.19. The average molecular weight is 405 g/mol. The lowest BCUT2D eigenvalue weighted by atomic mass is 10.2. The number of carbonyl (C=O) groups is 1. The molecule has 0 saturated carbocycles. The molecule has 1 amide bonds. The quantitative estimate of drug-likeness (QED) is 0.363. The van der Waals surface area contributed by atoms with Crippen LogP contribution in [0.25, 0.3) is 0 Å². The second kappa shape index (κ2) is 11.2. The highest BCUT2D eigenvalue weighted by Gasteiger charge is 2.12. The van der Waals surface area contributed by atoms with Crippen LogP contribution in [0.2, 0.25) is 5.02 Å². The van der Waals surface area contributed by atoms with Crippen molar-refractivity contribution in [2.45, 2.75) is 27.2 Å². The molecule has 0 saturated heterocycles. The zero-order valence-corrected chi connectivity index (χ0v) is 17.1. The third-order valence-electron chi connectivity index (χ3n) is 3.65. The molecule has 28 heavy (non-hydrogen) atoms. The van der Waals surface area contributed by atoms with E-state index in [0.717, 1.165) is 11.3 Å². The van der Waals surface area contributed by atoms with Crippen molar-refractivity contribution in [2.24, 2.45) is 5.10 Å². The van der Waals surface area contributed by atoms with E-state index in [4.69, 9.17) is 25.8 Å². The molecule has 0 aliphatic heterocycles. The number of carbonyl (C=O) groups excluding carboxylic acids is 1. The number of benzene rings is 2. The number of halogens is 1. The lowest BCUT2D eigenvalue weighted by molar-refractivity contribution is -0.118. The summed E-state index contributed by atoms with van der Waals surface area (Å²) in [6.45, 7) is 6.71. The molecule has 7 heteroatoms. The van der Waals surface area contributed by atoms with Crippen LogP contribution in [-0.2, 0) is 4.79 Å². The number of nitrogens with zero attached hydrogens (tertiary/aromatic N) is 1. The van der Waals surface area contributed by atoms with E-state index in [1.54, 1.807) is 12.1 Å². The number of hydrazone groups is 1. The monoisotopic (exact) mass is 404 g/mol. The Labute approximate surface area is 170 Å². The molecule has 0 aliphatic rings. The van der Waals surface area contributed by atoms with Crippen LogP contribution < -0.4 is 19.6 Å². The fourth-order valence-electron chi connectivity index (χ4n) is 2.40. The van der Waals surface area contributed by atoms with Crippen molar-refractivity contribution in [3.63, 3.8) is 0 Å². The molecule has 0 aromatic heterocycles. The summed E-state index contributed by atoms with van der Waals surface area (Å²) in [6, 6.07) is 11.4. The van der Waals surface area contributed by atoms with Gasteiger partial charge in [0.25, 0.3) is 0 Å². The van der Waals surface area contributed by atoms with Gasteiger partial charge in [-0.05, 0) is 43.2 Å².